The molecule has 2 rings (SSSR count). The third-order valence-corrected chi connectivity index (χ3v) is 3.39. The Labute approximate surface area is 124 Å². The average Bonchev–Trinajstić information content (AvgIpc) is 2.81. The molecular formula is C16H20N2O3. The first-order valence-corrected chi connectivity index (χ1v) is 7.10. The van der Waals surface area contributed by atoms with Gasteiger partial charge in [0.1, 0.15) is 0 Å². The molecule has 0 radical (unpaired) electrons. The summed E-state index contributed by atoms with van der Waals surface area (Å²) in [5.74, 6) is 0.333. The van der Waals surface area contributed by atoms with Crippen LogP contribution in [0.25, 0.3) is 11.5 Å². The summed E-state index contributed by atoms with van der Waals surface area (Å²) < 4.78 is 5.71. The van der Waals surface area contributed by atoms with Gasteiger partial charge in [-0.1, -0.05) is 17.7 Å². The quantitative estimate of drug-likeness (QED) is 0.824. The number of rotatable bonds is 6. The standard InChI is InChI=1S/C16H20N2O3/c1-10-8-11(2)15(12(3)9-10)16-18-17-13(21-16)6-4-5-7-14(19)20/h8-9H,4-7H2,1-3H3,(H,19,20). The van der Waals surface area contributed by atoms with E-state index in [1.165, 1.54) is 5.56 Å². The van der Waals surface area contributed by atoms with Gasteiger partial charge < -0.3 is 9.52 Å². The minimum Gasteiger partial charge on any atom is -0.481 e. The van der Waals surface area contributed by atoms with E-state index in [2.05, 4.69) is 29.3 Å². The molecule has 0 saturated carbocycles. The zero-order valence-corrected chi connectivity index (χ0v) is 12.6. The van der Waals surface area contributed by atoms with E-state index < -0.39 is 5.97 Å². The molecule has 0 spiro atoms. The van der Waals surface area contributed by atoms with Gasteiger partial charge in [0.15, 0.2) is 0 Å². The lowest BCUT2D eigenvalue weighted by molar-refractivity contribution is -0.137. The van der Waals surface area contributed by atoms with Crippen molar-refractivity contribution in [3.05, 3.63) is 34.7 Å². The predicted octanol–water partition coefficient (Wildman–Crippen LogP) is 3.46. The molecule has 1 aromatic carbocycles. The number of carboxylic acids is 1. The first-order chi connectivity index (χ1) is 9.97. The Hall–Kier alpha value is -2.17. The third kappa shape index (κ3) is 3.90. The monoisotopic (exact) mass is 288 g/mol. The van der Waals surface area contributed by atoms with Gasteiger partial charge in [-0.15, -0.1) is 10.2 Å². The van der Waals surface area contributed by atoms with Crippen molar-refractivity contribution in [3.63, 3.8) is 0 Å². The first-order valence-electron chi connectivity index (χ1n) is 7.10. The van der Waals surface area contributed by atoms with Crippen molar-refractivity contribution in [2.45, 2.75) is 46.5 Å². The predicted molar refractivity (Wildman–Crippen MR) is 79.1 cm³/mol. The van der Waals surface area contributed by atoms with Crippen LogP contribution in [-0.4, -0.2) is 21.3 Å². The number of unbranched alkanes of at least 4 members (excludes halogenated alkanes) is 1. The minimum absolute atomic E-state index is 0.178. The molecule has 112 valence electrons. The Morgan fingerprint density at radius 3 is 2.43 bits per heavy atom. The van der Waals surface area contributed by atoms with Crippen LogP contribution in [-0.2, 0) is 11.2 Å². The molecule has 5 nitrogen and oxygen atoms in total. The van der Waals surface area contributed by atoms with Crippen LogP contribution in [0.4, 0.5) is 0 Å². The number of aromatic nitrogens is 2. The third-order valence-electron chi connectivity index (χ3n) is 3.39. The van der Waals surface area contributed by atoms with Gasteiger partial charge in [0, 0.05) is 18.4 Å². The van der Waals surface area contributed by atoms with Crippen LogP contribution in [0.3, 0.4) is 0 Å². The second-order valence-electron chi connectivity index (χ2n) is 5.38. The highest BCUT2D eigenvalue weighted by Crippen LogP contribution is 2.27. The van der Waals surface area contributed by atoms with Crippen LogP contribution in [0.2, 0.25) is 0 Å². The maximum Gasteiger partial charge on any atom is 0.303 e. The van der Waals surface area contributed by atoms with Crippen molar-refractivity contribution in [1.29, 1.82) is 0 Å². The van der Waals surface area contributed by atoms with E-state index in [0.717, 1.165) is 23.1 Å². The van der Waals surface area contributed by atoms with E-state index in [4.69, 9.17) is 9.52 Å². The highest BCUT2D eigenvalue weighted by Gasteiger charge is 2.14. The largest absolute Gasteiger partial charge is 0.481 e. The second-order valence-corrected chi connectivity index (χ2v) is 5.38. The van der Waals surface area contributed by atoms with Gasteiger partial charge in [-0.2, -0.15) is 0 Å². The van der Waals surface area contributed by atoms with Crippen LogP contribution in [0.1, 0.15) is 41.8 Å². The molecular weight excluding hydrogens is 268 g/mol. The first kappa shape index (κ1) is 15.2. The molecule has 1 heterocycles. The smallest absolute Gasteiger partial charge is 0.303 e. The fraction of sp³-hybridized carbons (Fsp3) is 0.438. The molecule has 0 aliphatic heterocycles. The zero-order valence-electron chi connectivity index (χ0n) is 12.6. The van der Waals surface area contributed by atoms with Gasteiger partial charge in [-0.25, -0.2) is 0 Å². The molecule has 21 heavy (non-hydrogen) atoms. The number of carboxylic acid groups (broad SMARTS) is 1. The van der Waals surface area contributed by atoms with E-state index in [1.54, 1.807) is 0 Å². The van der Waals surface area contributed by atoms with Crippen molar-refractivity contribution in [2.24, 2.45) is 0 Å². The van der Waals surface area contributed by atoms with Gasteiger partial charge in [0.25, 0.3) is 0 Å². The molecule has 5 heteroatoms. The molecule has 0 aliphatic rings. The summed E-state index contributed by atoms with van der Waals surface area (Å²) >= 11 is 0. The average molecular weight is 288 g/mol. The van der Waals surface area contributed by atoms with E-state index in [9.17, 15) is 4.79 Å². The summed E-state index contributed by atoms with van der Waals surface area (Å²) in [5, 5.41) is 16.8. The summed E-state index contributed by atoms with van der Waals surface area (Å²) in [7, 11) is 0. The number of nitrogens with zero attached hydrogens (tertiary/aromatic N) is 2. The van der Waals surface area contributed by atoms with Crippen LogP contribution < -0.4 is 0 Å². The van der Waals surface area contributed by atoms with E-state index >= 15 is 0 Å². The lowest BCUT2D eigenvalue weighted by Crippen LogP contribution is -1.95. The van der Waals surface area contributed by atoms with Crippen molar-refractivity contribution in [1.82, 2.24) is 10.2 Å². The summed E-state index contributed by atoms with van der Waals surface area (Å²) in [6, 6.07) is 4.19. The highest BCUT2D eigenvalue weighted by atomic mass is 16.4. The van der Waals surface area contributed by atoms with Crippen molar-refractivity contribution in [3.8, 4) is 11.5 Å². The number of aryl methyl sites for hydroxylation is 4. The SMILES string of the molecule is Cc1cc(C)c(-c2nnc(CCCCC(=O)O)o2)c(C)c1. The van der Waals surface area contributed by atoms with Gasteiger partial charge in [0.05, 0.1) is 0 Å². The lowest BCUT2D eigenvalue weighted by Gasteiger charge is -2.06. The summed E-state index contributed by atoms with van der Waals surface area (Å²) in [6.07, 6.45) is 2.15. The maximum absolute atomic E-state index is 10.5. The summed E-state index contributed by atoms with van der Waals surface area (Å²) in [6.45, 7) is 6.13. The zero-order chi connectivity index (χ0) is 15.4. The number of benzene rings is 1. The molecule has 0 fully saturated rings. The Morgan fingerprint density at radius 1 is 1.14 bits per heavy atom. The van der Waals surface area contributed by atoms with E-state index in [0.29, 0.717) is 24.6 Å². The fourth-order valence-electron chi connectivity index (χ4n) is 2.53. The molecule has 1 N–H and O–H groups in total. The molecule has 1 aromatic heterocycles. The van der Waals surface area contributed by atoms with Crippen molar-refractivity contribution < 1.29 is 14.3 Å². The van der Waals surface area contributed by atoms with E-state index in [1.807, 2.05) is 13.8 Å². The van der Waals surface area contributed by atoms with Gasteiger partial charge in [0.2, 0.25) is 11.8 Å². The Kier molecular flexibility index (Phi) is 4.73. The topological polar surface area (TPSA) is 76.2 Å². The van der Waals surface area contributed by atoms with Crippen molar-refractivity contribution >= 4 is 5.97 Å². The molecule has 0 saturated heterocycles. The molecule has 2 aromatic rings. The molecule has 0 amide bonds. The molecule has 0 atom stereocenters. The minimum atomic E-state index is -0.771. The lowest BCUT2D eigenvalue weighted by atomic mass is 10.00. The highest BCUT2D eigenvalue weighted by molar-refractivity contribution is 5.66. The maximum atomic E-state index is 10.5. The number of aliphatic carboxylic acids is 1. The number of carbonyl (C=O) groups is 1. The summed E-state index contributed by atoms with van der Waals surface area (Å²) in [4.78, 5) is 10.5. The van der Waals surface area contributed by atoms with Gasteiger partial charge >= 0.3 is 5.97 Å². The summed E-state index contributed by atoms with van der Waals surface area (Å²) in [5.41, 5.74) is 4.44. The Balaban J connectivity index is 2.08. The fourth-order valence-corrected chi connectivity index (χ4v) is 2.53. The molecule has 0 unspecified atom stereocenters. The van der Waals surface area contributed by atoms with Crippen LogP contribution in [0, 0.1) is 20.8 Å². The van der Waals surface area contributed by atoms with Gasteiger partial charge in [-0.05, 0) is 44.7 Å². The molecule has 0 bridgehead atoms. The normalized spacial score (nSPS) is 10.8. The molecule has 0 aliphatic carbocycles. The van der Waals surface area contributed by atoms with Crippen LogP contribution >= 0.6 is 0 Å². The number of hydrogen-bond donors (Lipinski definition) is 1. The van der Waals surface area contributed by atoms with Crippen molar-refractivity contribution in [2.75, 3.05) is 0 Å². The number of hydrogen-bond acceptors (Lipinski definition) is 4. The van der Waals surface area contributed by atoms with Crippen LogP contribution in [0.5, 0.6) is 0 Å². The van der Waals surface area contributed by atoms with E-state index in [-0.39, 0.29) is 6.42 Å². The van der Waals surface area contributed by atoms with Gasteiger partial charge in [-0.3, -0.25) is 4.79 Å². The second kappa shape index (κ2) is 6.52. The van der Waals surface area contributed by atoms with Crippen LogP contribution in [0.15, 0.2) is 16.5 Å². The Morgan fingerprint density at radius 2 is 1.81 bits per heavy atom. The Bertz CT molecular complexity index is 624.